The third kappa shape index (κ3) is 5.38. The van der Waals surface area contributed by atoms with Gasteiger partial charge in [0.2, 0.25) is 0 Å². The minimum absolute atomic E-state index is 0.103. The van der Waals surface area contributed by atoms with E-state index in [-0.39, 0.29) is 12.5 Å². The molecule has 1 aliphatic rings. The Labute approximate surface area is 220 Å². The number of unbranched alkanes of at least 4 members (excludes halogenated alkanes) is 1. The number of likely N-dealkylation sites (tertiary alicyclic amines) is 1. The Bertz CT molecular complexity index is 1300. The van der Waals surface area contributed by atoms with Gasteiger partial charge in [0.25, 0.3) is 0 Å². The first-order valence-electron chi connectivity index (χ1n) is 11.8. The molecule has 2 unspecified atom stereocenters. The molecule has 10 heteroatoms. The van der Waals surface area contributed by atoms with E-state index in [2.05, 4.69) is 29.4 Å². The zero-order valence-electron chi connectivity index (χ0n) is 19.9. The zero-order valence-corrected chi connectivity index (χ0v) is 22.3. The van der Waals surface area contributed by atoms with E-state index in [0.29, 0.717) is 9.54 Å². The van der Waals surface area contributed by atoms with Crippen LogP contribution in [0.2, 0.25) is 5.02 Å². The lowest BCUT2D eigenvalue weighted by Gasteiger charge is -2.53. The molecule has 0 amide bonds. The molecule has 1 aromatic heterocycles. The molecule has 4 rings (SSSR count). The van der Waals surface area contributed by atoms with Crippen LogP contribution in [0.4, 0.5) is 11.4 Å². The van der Waals surface area contributed by atoms with Crippen molar-refractivity contribution in [2.75, 3.05) is 25.0 Å². The number of rotatable bonds is 10. The summed E-state index contributed by atoms with van der Waals surface area (Å²) in [4.78, 5) is 11.6. The fraction of sp³-hybridized carbons (Fsp3) is 0.400. The van der Waals surface area contributed by atoms with Crippen LogP contribution >= 0.6 is 36.0 Å². The van der Waals surface area contributed by atoms with E-state index >= 15 is 0 Å². The van der Waals surface area contributed by atoms with E-state index in [4.69, 9.17) is 36.0 Å². The summed E-state index contributed by atoms with van der Waals surface area (Å²) < 4.78 is 3.58. The van der Waals surface area contributed by atoms with Crippen molar-refractivity contribution >= 4 is 53.4 Å². The molecule has 1 saturated heterocycles. The summed E-state index contributed by atoms with van der Waals surface area (Å²) in [5.74, 6) is -0.731. The number of carboxylic acid groups (broad SMARTS) is 1. The van der Waals surface area contributed by atoms with Gasteiger partial charge in [-0.05, 0) is 81.5 Å². The Kier molecular flexibility index (Phi) is 7.80. The molecular formula is C25H31ClN5O2S2+. The standard InChI is InChI=1S/C25H30ClN5O2S2/c1-16-12-18(26)13-17(2)23(16)31(11-8-21(31)15-22(32)33)10-4-3-9-27-19-6-5-7-20(14-19)30-24(34)28-29-25(30)35/h5-7,12-14,21,27H,3-4,8-11,15H2,1-2H3,(H2-,28,29,32,33,34,35)/p+1. The number of hydrogen-bond donors (Lipinski definition) is 4. The van der Waals surface area contributed by atoms with Crippen molar-refractivity contribution in [3.63, 3.8) is 0 Å². The molecule has 2 atom stereocenters. The summed E-state index contributed by atoms with van der Waals surface area (Å²) in [6.45, 7) is 6.87. The van der Waals surface area contributed by atoms with Crippen LogP contribution in [0.25, 0.3) is 5.69 Å². The predicted molar refractivity (Wildman–Crippen MR) is 147 cm³/mol. The fourth-order valence-electron chi connectivity index (χ4n) is 5.46. The summed E-state index contributed by atoms with van der Waals surface area (Å²) in [7, 11) is 0. The first-order valence-corrected chi connectivity index (χ1v) is 13.0. The summed E-state index contributed by atoms with van der Waals surface area (Å²) in [5.41, 5.74) is 5.43. The monoisotopic (exact) mass is 532 g/mol. The number of hydrogen-bond acceptors (Lipinski definition) is 4. The molecule has 3 aromatic rings. The summed E-state index contributed by atoms with van der Waals surface area (Å²) >= 11 is 16.9. The molecular weight excluding hydrogens is 502 g/mol. The highest BCUT2D eigenvalue weighted by Crippen LogP contribution is 2.43. The van der Waals surface area contributed by atoms with Gasteiger partial charge in [0.05, 0.1) is 31.6 Å². The summed E-state index contributed by atoms with van der Waals surface area (Å²) in [6, 6.07) is 12.1. The van der Waals surface area contributed by atoms with Gasteiger partial charge < -0.3 is 10.4 Å². The van der Waals surface area contributed by atoms with Crippen LogP contribution < -0.4 is 9.80 Å². The summed E-state index contributed by atoms with van der Waals surface area (Å²) in [5, 5.41) is 19.5. The van der Waals surface area contributed by atoms with E-state index in [1.807, 2.05) is 36.4 Å². The average molecular weight is 533 g/mol. The van der Waals surface area contributed by atoms with Gasteiger partial charge in [-0.15, -0.1) is 0 Å². The maximum atomic E-state index is 11.6. The molecule has 0 bridgehead atoms. The van der Waals surface area contributed by atoms with Crippen LogP contribution in [-0.2, 0) is 4.79 Å². The van der Waals surface area contributed by atoms with Crippen LogP contribution in [0.1, 0.15) is 36.8 Å². The van der Waals surface area contributed by atoms with Gasteiger partial charge in [-0.3, -0.25) is 24.0 Å². The minimum Gasteiger partial charge on any atom is -0.481 e. The van der Waals surface area contributed by atoms with Crippen molar-refractivity contribution in [3.8, 4) is 5.69 Å². The van der Waals surface area contributed by atoms with Crippen molar-refractivity contribution < 1.29 is 9.90 Å². The molecule has 1 aliphatic heterocycles. The molecule has 186 valence electrons. The van der Waals surface area contributed by atoms with Gasteiger partial charge in [0.1, 0.15) is 11.7 Å². The number of aromatic amines is 2. The van der Waals surface area contributed by atoms with Gasteiger partial charge in [-0.2, -0.15) is 0 Å². The molecule has 2 heterocycles. The van der Waals surface area contributed by atoms with Crippen molar-refractivity contribution in [1.82, 2.24) is 19.2 Å². The first kappa shape index (κ1) is 25.6. The van der Waals surface area contributed by atoms with Crippen LogP contribution in [0.3, 0.4) is 0 Å². The molecule has 0 radical (unpaired) electrons. The molecule has 7 nitrogen and oxygen atoms in total. The van der Waals surface area contributed by atoms with E-state index in [1.54, 1.807) is 4.57 Å². The average Bonchev–Trinajstić information content (AvgIpc) is 3.12. The smallest absolute Gasteiger partial charge is 0.309 e. The fourth-order valence-corrected chi connectivity index (χ4v) is 6.34. The summed E-state index contributed by atoms with van der Waals surface area (Å²) in [6.07, 6.45) is 3.08. The molecule has 1 fully saturated rings. The van der Waals surface area contributed by atoms with Gasteiger partial charge in [0.15, 0.2) is 9.54 Å². The van der Waals surface area contributed by atoms with Crippen LogP contribution in [0.5, 0.6) is 0 Å². The van der Waals surface area contributed by atoms with E-state index < -0.39 is 5.97 Å². The largest absolute Gasteiger partial charge is 0.481 e. The third-order valence-corrected chi connectivity index (χ3v) is 7.76. The highest BCUT2D eigenvalue weighted by molar-refractivity contribution is 7.72. The second-order valence-corrected chi connectivity index (χ2v) is 10.5. The molecule has 0 saturated carbocycles. The van der Waals surface area contributed by atoms with Crippen LogP contribution in [-0.4, -0.2) is 51.5 Å². The number of nitrogens with one attached hydrogen (secondary N) is 3. The molecule has 35 heavy (non-hydrogen) atoms. The lowest BCUT2D eigenvalue weighted by molar-refractivity contribution is -0.139. The van der Waals surface area contributed by atoms with Crippen molar-refractivity contribution in [2.24, 2.45) is 0 Å². The number of quaternary nitrogens is 1. The Morgan fingerprint density at radius 1 is 1.17 bits per heavy atom. The normalized spacial score (nSPS) is 19.3. The number of aryl methyl sites for hydroxylation is 2. The Morgan fingerprint density at radius 2 is 1.86 bits per heavy atom. The van der Waals surface area contributed by atoms with E-state index in [0.717, 1.165) is 70.9 Å². The SMILES string of the molecule is Cc1cc(Cl)cc(C)c1[N+]1(CCCCNc2cccc(-n3c(=S)[nH][nH]c3=S)c2)CCC1CC(=O)O. The lowest BCUT2D eigenvalue weighted by atomic mass is 9.89. The quantitative estimate of drug-likeness (QED) is 0.140. The van der Waals surface area contributed by atoms with Crippen molar-refractivity contribution in [2.45, 2.75) is 45.6 Å². The van der Waals surface area contributed by atoms with Gasteiger partial charge in [-0.25, -0.2) is 0 Å². The zero-order chi connectivity index (χ0) is 25.2. The maximum Gasteiger partial charge on any atom is 0.309 e. The van der Waals surface area contributed by atoms with Gasteiger partial charge >= 0.3 is 5.97 Å². The van der Waals surface area contributed by atoms with Crippen molar-refractivity contribution in [1.29, 1.82) is 0 Å². The molecule has 0 aliphatic carbocycles. The number of halogens is 1. The number of aliphatic carboxylic acids is 1. The Morgan fingerprint density at radius 3 is 2.46 bits per heavy atom. The highest BCUT2D eigenvalue weighted by Gasteiger charge is 2.49. The van der Waals surface area contributed by atoms with Gasteiger partial charge in [0, 0.05) is 28.4 Å². The lowest BCUT2D eigenvalue weighted by Crippen LogP contribution is -2.68. The van der Waals surface area contributed by atoms with Crippen LogP contribution in [0.15, 0.2) is 36.4 Å². The van der Waals surface area contributed by atoms with Gasteiger partial charge in [-0.1, -0.05) is 17.7 Å². The number of carbonyl (C=O) groups is 1. The first-order chi connectivity index (χ1) is 16.7. The third-order valence-electron chi connectivity index (χ3n) is 6.97. The number of anilines is 1. The Balaban J connectivity index is 1.43. The predicted octanol–water partition coefficient (Wildman–Crippen LogP) is 6.31. The number of aromatic nitrogens is 3. The second kappa shape index (κ2) is 10.7. The molecule has 0 spiro atoms. The second-order valence-electron chi connectivity index (χ2n) is 9.29. The van der Waals surface area contributed by atoms with Crippen LogP contribution in [0, 0.1) is 23.4 Å². The molecule has 4 N–H and O–H groups in total. The molecule has 2 aromatic carbocycles. The highest BCUT2D eigenvalue weighted by atomic mass is 35.5. The minimum atomic E-state index is -0.731. The number of benzene rings is 2. The van der Waals surface area contributed by atoms with E-state index in [1.165, 1.54) is 5.69 Å². The maximum absolute atomic E-state index is 11.6. The number of nitrogens with zero attached hydrogens (tertiary/aromatic N) is 2. The Hall–Kier alpha value is -2.46. The number of carboxylic acids is 1. The topological polar surface area (TPSA) is 85.8 Å². The van der Waals surface area contributed by atoms with Crippen molar-refractivity contribution in [3.05, 3.63) is 62.1 Å². The van der Waals surface area contributed by atoms with E-state index in [9.17, 15) is 9.90 Å². The number of H-pyrrole nitrogens is 2.